The molecule has 10 heteroatoms. The van der Waals surface area contributed by atoms with E-state index < -0.39 is 22.1 Å². The summed E-state index contributed by atoms with van der Waals surface area (Å²) >= 11 is 0. The maximum absolute atomic E-state index is 13.7. The second-order valence-electron chi connectivity index (χ2n) is 9.80. The molecule has 1 aliphatic rings. The van der Waals surface area contributed by atoms with Gasteiger partial charge in [0.05, 0.1) is 25.0 Å². The molecule has 0 bridgehead atoms. The number of alkyl halides is 1. The fraction of sp³-hybridized carbons (Fsp3) is 0.379. The van der Waals surface area contributed by atoms with Crippen molar-refractivity contribution in [3.05, 3.63) is 90.3 Å². The summed E-state index contributed by atoms with van der Waals surface area (Å²) in [5.41, 5.74) is 1.79. The highest BCUT2D eigenvalue weighted by molar-refractivity contribution is 7.89. The minimum Gasteiger partial charge on any atom is -0.394 e. The molecule has 4 rings (SSSR count). The standard InChI is InChI=1S/C29H35FN4O4S/c30-15-11-22-13-17-34(18-14-22)29(36)28(24-9-5-2-6-10-24)33-39(37,38)27-20-31-16-12-26(27)32-25(21-35)19-23-7-3-1-4-8-23/h1-10,12,16,20,22,25,28,33,35H,11,13-15,17-19,21H2,(H,31,32)/t25-,28-/m0/s1. The van der Waals surface area contributed by atoms with Gasteiger partial charge in [-0.3, -0.25) is 14.2 Å². The third kappa shape index (κ3) is 7.62. The number of pyridine rings is 1. The molecule has 8 nitrogen and oxygen atoms in total. The molecule has 208 valence electrons. The molecule has 2 atom stereocenters. The lowest BCUT2D eigenvalue weighted by Crippen LogP contribution is -2.46. The molecular weight excluding hydrogens is 519 g/mol. The van der Waals surface area contributed by atoms with Crippen LogP contribution in [0.15, 0.2) is 84.0 Å². The summed E-state index contributed by atoms with van der Waals surface area (Å²) in [6.45, 7) is 0.306. The maximum atomic E-state index is 13.7. The molecule has 1 fully saturated rings. The molecule has 0 saturated carbocycles. The van der Waals surface area contributed by atoms with E-state index in [4.69, 9.17) is 0 Å². The number of rotatable bonds is 12. The van der Waals surface area contributed by atoms with E-state index in [-0.39, 0.29) is 35.7 Å². The number of benzene rings is 2. The zero-order valence-corrected chi connectivity index (χ0v) is 22.6. The molecular formula is C29H35FN4O4S. The number of likely N-dealkylation sites (tertiary alicyclic amines) is 1. The van der Waals surface area contributed by atoms with Crippen LogP contribution in [0.3, 0.4) is 0 Å². The van der Waals surface area contributed by atoms with Gasteiger partial charge in [-0.1, -0.05) is 60.7 Å². The fourth-order valence-electron chi connectivity index (χ4n) is 4.90. The highest BCUT2D eigenvalue weighted by Gasteiger charge is 2.33. The van der Waals surface area contributed by atoms with E-state index in [0.717, 1.165) is 5.56 Å². The second-order valence-corrected chi connectivity index (χ2v) is 11.5. The topological polar surface area (TPSA) is 112 Å². The predicted molar refractivity (Wildman–Crippen MR) is 148 cm³/mol. The van der Waals surface area contributed by atoms with Crippen LogP contribution in [0.25, 0.3) is 0 Å². The Kier molecular flexibility index (Phi) is 10.0. The number of anilines is 1. The van der Waals surface area contributed by atoms with Crippen molar-refractivity contribution < 1.29 is 22.7 Å². The van der Waals surface area contributed by atoms with Gasteiger partial charge in [-0.05, 0) is 48.8 Å². The van der Waals surface area contributed by atoms with Crippen molar-refractivity contribution in [2.75, 3.05) is 31.7 Å². The van der Waals surface area contributed by atoms with Crippen molar-refractivity contribution in [2.24, 2.45) is 5.92 Å². The van der Waals surface area contributed by atoms with Crippen molar-refractivity contribution in [1.82, 2.24) is 14.6 Å². The first-order chi connectivity index (χ1) is 18.9. The van der Waals surface area contributed by atoms with Crippen LogP contribution in [-0.2, 0) is 21.2 Å². The summed E-state index contributed by atoms with van der Waals surface area (Å²) in [6, 6.07) is 18.3. The number of carbonyl (C=O) groups is 1. The Hall–Kier alpha value is -3.34. The maximum Gasteiger partial charge on any atom is 0.245 e. The number of piperidine rings is 1. The van der Waals surface area contributed by atoms with Gasteiger partial charge in [-0.2, -0.15) is 4.72 Å². The molecule has 1 amide bonds. The van der Waals surface area contributed by atoms with Gasteiger partial charge in [0.25, 0.3) is 0 Å². The van der Waals surface area contributed by atoms with Crippen LogP contribution in [0.5, 0.6) is 0 Å². The van der Waals surface area contributed by atoms with Crippen LogP contribution in [-0.4, -0.2) is 61.7 Å². The Morgan fingerprint density at radius 1 is 1.05 bits per heavy atom. The van der Waals surface area contributed by atoms with Crippen LogP contribution >= 0.6 is 0 Å². The van der Waals surface area contributed by atoms with E-state index in [1.807, 2.05) is 30.3 Å². The Labute approximate surface area is 229 Å². The zero-order chi connectivity index (χ0) is 27.7. The van der Waals surface area contributed by atoms with E-state index in [1.165, 1.54) is 18.5 Å². The van der Waals surface area contributed by atoms with Crippen molar-refractivity contribution in [2.45, 2.75) is 42.7 Å². The fourth-order valence-corrected chi connectivity index (χ4v) is 6.19. The van der Waals surface area contributed by atoms with Gasteiger partial charge in [-0.15, -0.1) is 0 Å². The summed E-state index contributed by atoms with van der Waals surface area (Å²) in [6.07, 6.45) is 5.04. The summed E-state index contributed by atoms with van der Waals surface area (Å²) in [5, 5.41) is 13.1. The van der Waals surface area contributed by atoms with E-state index in [0.29, 0.717) is 44.3 Å². The number of carbonyl (C=O) groups excluding carboxylic acids is 1. The molecule has 1 saturated heterocycles. The molecule has 0 aliphatic carbocycles. The van der Waals surface area contributed by atoms with Crippen LogP contribution < -0.4 is 10.0 Å². The summed E-state index contributed by atoms with van der Waals surface area (Å²) in [4.78, 5) is 19.2. The number of amides is 1. The molecule has 1 aromatic heterocycles. The lowest BCUT2D eigenvalue weighted by atomic mass is 9.93. The molecule has 0 radical (unpaired) electrons. The Bertz CT molecular complexity index is 1300. The third-order valence-electron chi connectivity index (χ3n) is 7.08. The highest BCUT2D eigenvalue weighted by Crippen LogP contribution is 2.27. The average Bonchev–Trinajstić information content (AvgIpc) is 2.97. The van der Waals surface area contributed by atoms with E-state index in [1.54, 1.807) is 35.2 Å². The van der Waals surface area contributed by atoms with E-state index >= 15 is 0 Å². The first kappa shape index (κ1) is 28.7. The van der Waals surface area contributed by atoms with Gasteiger partial charge in [0.15, 0.2) is 0 Å². The SMILES string of the molecule is O=C([C@@H](NS(=O)(=O)c1cnccc1N[C@H](CO)Cc1ccccc1)c1ccccc1)N1CCC(CCF)CC1. The summed E-state index contributed by atoms with van der Waals surface area (Å²) in [7, 11) is -4.22. The second kappa shape index (κ2) is 13.6. The quantitative estimate of drug-likeness (QED) is 0.315. The van der Waals surface area contributed by atoms with Gasteiger partial charge >= 0.3 is 0 Å². The highest BCUT2D eigenvalue weighted by atomic mass is 32.2. The van der Waals surface area contributed by atoms with Crippen LogP contribution in [0.1, 0.15) is 36.4 Å². The normalized spacial score (nSPS) is 16.0. The molecule has 0 spiro atoms. The first-order valence-corrected chi connectivity index (χ1v) is 14.7. The van der Waals surface area contributed by atoms with Gasteiger partial charge in [0.2, 0.25) is 15.9 Å². The molecule has 2 heterocycles. The van der Waals surface area contributed by atoms with Crippen LogP contribution in [0.4, 0.5) is 10.1 Å². The number of aromatic nitrogens is 1. The summed E-state index contributed by atoms with van der Waals surface area (Å²) in [5.74, 6) is -0.121. The molecule has 1 aliphatic heterocycles. The van der Waals surface area contributed by atoms with Gasteiger partial charge in [0, 0.05) is 25.5 Å². The van der Waals surface area contributed by atoms with Crippen molar-refractivity contribution in [3.63, 3.8) is 0 Å². The van der Waals surface area contributed by atoms with E-state index in [2.05, 4.69) is 15.0 Å². The lowest BCUT2D eigenvalue weighted by Gasteiger charge is -2.34. The number of hydrogen-bond donors (Lipinski definition) is 3. The molecule has 0 unspecified atom stereocenters. The predicted octanol–water partition coefficient (Wildman–Crippen LogP) is 3.71. The monoisotopic (exact) mass is 554 g/mol. The molecule has 39 heavy (non-hydrogen) atoms. The number of hydrogen-bond acceptors (Lipinski definition) is 6. The average molecular weight is 555 g/mol. The number of nitrogens with one attached hydrogen (secondary N) is 2. The third-order valence-corrected chi connectivity index (χ3v) is 8.53. The number of sulfonamides is 1. The Morgan fingerprint density at radius 2 is 1.72 bits per heavy atom. The van der Waals surface area contributed by atoms with Gasteiger partial charge in [0.1, 0.15) is 10.9 Å². The minimum atomic E-state index is -4.22. The van der Waals surface area contributed by atoms with Crippen molar-refractivity contribution in [1.29, 1.82) is 0 Å². The van der Waals surface area contributed by atoms with E-state index in [9.17, 15) is 22.7 Å². The van der Waals surface area contributed by atoms with Gasteiger partial charge in [-0.25, -0.2) is 8.42 Å². The van der Waals surface area contributed by atoms with Crippen LogP contribution in [0.2, 0.25) is 0 Å². The molecule has 3 N–H and O–H groups in total. The van der Waals surface area contributed by atoms with Gasteiger partial charge < -0.3 is 15.3 Å². The number of nitrogens with zero attached hydrogens (tertiary/aromatic N) is 2. The van der Waals surface area contributed by atoms with Crippen molar-refractivity contribution in [3.8, 4) is 0 Å². The largest absolute Gasteiger partial charge is 0.394 e. The molecule has 2 aromatic carbocycles. The van der Waals surface area contributed by atoms with Crippen molar-refractivity contribution >= 4 is 21.6 Å². The lowest BCUT2D eigenvalue weighted by molar-refractivity contribution is -0.134. The zero-order valence-electron chi connectivity index (χ0n) is 21.7. The first-order valence-electron chi connectivity index (χ1n) is 13.2. The number of aliphatic hydroxyl groups excluding tert-OH is 1. The number of halogens is 1. The number of aliphatic hydroxyl groups is 1. The minimum absolute atomic E-state index is 0.119. The van der Waals surface area contributed by atoms with Crippen LogP contribution in [0, 0.1) is 5.92 Å². The Morgan fingerprint density at radius 3 is 2.36 bits per heavy atom. The molecule has 3 aromatic rings. The summed E-state index contributed by atoms with van der Waals surface area (Å²) < 4.78 is 42.9. The Balaban J connectivity index is 1.56. The smallest absolute Gasteiger partial charge is 0.245 e.